The number of hydrogen-bond donors (Lipinski definition) is 1. The van der Waals surface area contributed by atoms with E-state index in [0.717, 1.165) is 33.2 Å². The summed E-state index contributed by atoms with van der Waals surface area (Å²) in [6.07, 6.45) is 0. The van der Waals surface area contributed by atoms with E-state index in [9.17, 15) is 4.79 Å². The van der Waals surface area contributed by atoms with E-state index in [1.807, 2.05) is 43.5 Å². The second-order valence-electron chi connectivity index (χ2n) is 4.57. The molecule has 1 heterocycles. The molecule has 2 rings (SSSR count). The highest BCUT2D eigenvalue weighted by Crippen LogP contribution is 2.21. The highest BCUT2D eigenvalue weighted by molar-refractivity contribution is 9.10. The third kappa shape index (κ3) is 4.07. The Labute approximate surface area is 136 Å². The van der Waals surface area contributed by atoms with Gasteiger partial charge < -0.3 is 9.88 Å². The number of rotatable bonds is 5. The fourth-order valence-electron chi connectivity index (χ4n) is 1.88. The van der Waals surface area contributed by atoms with Crippen LogP contribution >= 0.6 is 27.7 Å². The summed E-state index contributed by atoms with van der Waals surface area (Å²) in [4.78, 5) is 12.0. The van der Waals surface area contributed by atoms with Crippen molar-refractivity contribution in [3.8, 4) is 0 Å². The number of hydrogen-bond acceptors (Lipinski definition) is 4. The molecule has 0 fully saturated rings. The molecule has 1 amide bonds. The van der Waals surface area contributed by atoms with E-state index in [4.69, 9.17) is 0 Å². The molecule has 1 aromatic heterocycles. The van der Waals surface area contributed by atoms with Crippen molar-refractivity contribution >= 4 is 39.3 Å². The lowest BCUT2D eigenvalue weighted by Crippen LogP contribution is -2.14. The van der Waals surface area contributed by atoms with Crippen LogP contribution in [0.1, 0.15) is 18.3 Å². The topological polar surface area (TPSA) is 59.8 Å². The van der Waals surface area contributed by atoms with Gasteiger partial charge in [0.1, 0.15) is 5.82 Å². The summed E-state index contributed by atoms with van der Waals surface area (Å²) in [5.41, 5.74) is 1.89. The highest BCUT2D eigenvalue weighted by atomic mass is 79.9. The molecular formula is C14H17BrN4OS. The van der Waals surface area contributed by atoms with E-state index < -0.39 is 0 Å². The lowest BCUT2D eigenvalue weighted by Gasteiger charge is -2.07. The second kappa shape index (κ2) is 7.09. The third-order valence-electron chi connectivity index (χ3n) is 2.99. The maximum Gasteiger partial charge on any atom is 0.234 e. The van der Waals surface area contributed by atoms with Crippen molar-refractivity contribution in [1.82, 2.24) is 14.8 Å². The Kier molecular flexibility index (Phi) is 5.41. The number of thioether (sulfide) groups is 1. The summed E-state index contributed by atoms with van der Waals surface area (Å²) >= 11 is 4.84. The number of benzene rings is 1. The van der Waals surface area contributed by atoms with Gasteiger partial charge in [-0.3, -0.25) is 4.79 Å². The molecule has 0 aliphatic rings. The minimum absolute atomic E-state index is 0.0509. The van der Waals surface area contributed by atoms with Gasteiger partial charge in [-0.25, -0.2) is 0 Å². The largest absolute Gasteiger partial charge is 0.325 e. The number of carbonyl (C=O) groups is 1. The maximum atomic E-state index is 12.0. The van der Waals surface area contributed by atoms with Gasteiger partial charge in [-0.2, -0.15) is 0 Å². The van der Waals surface area contributed by atoms with Crippen LogP contribution in [-0.4, -0.2) is 26.4 Å². The molecule has 21 heavy (non-hydrogen) atoms. The molecule has 0 radical (unpaired) electrons. The minimum atomic E-state index is -0.0509. The molecule has 0 bridgehead atoms. The first-order chi connectivity index (χ1) is 10.0. The van der Waals surface area contributed by atoms with E-state index >= 15 is 0 Å². The van der Waals surface area contributed by atoms with Crippen LogP contribution < -0.4 is 5.32 Å². The maximum absolute atomic E-state index is 12.0. The Balaban J connectivity index is 1.94. The van der Waals surface area contributed by atoms with Crippen molar-refractivity contribution in [2.75, 3.05) is 11.1 Å². The predicted octanol–water partition coefficient (Wildman–Crippen LogP) is 3.41. The Morgan fingerprint density at radius 3 is 2.81 bits per heavy atom. The van der Waals surface area contributed by atoms with Crippen LogP contribution in [0.2, 0.25) is 0 Å². The molecular weight excluding hydrogens is 352 g/mol. The van der Waals surface area contributed by atoms with Gasteiger partial charge in [0.25, 0.3) is 0 Å². The van der Waals surface area contributed by atoms with Gasteiger partial charge in [-0.15, -0.1) is 10.2 Å². The molecule has 0 aliphatic heterocycles. The zero-order valence-electron chi connectivity index (χ0n) is 12.2. The molecule has 0 atom stereocenters. The predicted molar refractivity (Wildman–Crippen MR) is 88.7 cm³/mol. The van der Waals surface area contributed by atoms with E-state index in [-0.39, 0.29) is 5.91 Å². The van der Waals surface area contributed by atoms with Crippen LogP contribution in [0.3, 0.4) is 0 Å². The third-order valence-corrected chi connectivity index (χ3v) is 4.85. The van der Waals surface area contributed by atoms with Gasteiger partial charge in [0.15, 0.2) is 5.16 Å². The number of aryl methyl sites for hydroxylation is 2. The average Bonchev–Trinajstić information content (AvgIpc) is 2.81. The van der Waals surface area contributed by atoms with Crippen LogP contribution in [-0.2, 0) is 11.3 Å². The quantitative estimate of drug-likeness (QED) is 0.821. The first-order valence-electron chi connectivity index (χ1n) is 6.60. The molecule has 0 spiro atoms. The molecule has 0 saturated carbocycles. The number of halogens is 1. The first kappa shape index (κ1) is 16.0. The normalized spacial score (nSPS) is 10.7. The molecule has 2 aromatic rings. The molecule has 5 nitrogen and oxygen atoms in total. The summed E-state index contributed by atoms with van der Waals surface area (Å²) in [5.74, 6) is 1.13. The van der Waals surface area contributed by atoms with Crippen LogP contribution in [0.25, 0.3) is 0 Å². The monoisotopic (exact) mass is 368 g/mol. The Morgan fingerprint density at radius 2 is 2.14 bits per heavy atom. The van der Waals surface area contributed by atoms with Gasteiger partial charge in [0, 0.05) is 16.7 Å². The molecule has 0 aliphatic carbocycles. The molecule has 0 saturated heterocycles. The van der Waals surface area contributed by atoms with Gasteiger partial charge >= 0.3 is 0 Å². The smallest absolute Gasteiger partial charge is 0.234 e. The van der Waals surface area contributed by atoms with E-state index in [1.54, 1.807) is 0 Å². The fourth-order valence-corrected chi connectivity index (χ4v) is 2.98. The standard InChI is InChI=1S/C14H17BrN4OS/c1-4-19-10(3)17-18-14(19)21-8-13(20)16-11-5-6-12(15)9(2)7-11/h5-7H,4,8H2,1-3H3,(H,16,20). The van der Waals surface area contributed by atoms with Crippen LogP contribution in [0.5, 0.6) is 0 Å². The number of aromatic nitrogens is 3. The number of carbonyl (C=O) groups excluding carboxylic acids is 1. The number of nitrogens with one attached hydrogen (secondary N) is 1. The zero-order valence-corrected chi connectivity index (χ0v) is 14.6. The van der Waals surface area contributed by atoms with E-state index in [2.05, 4.69) is 31.4 Å². The lowest BCUT2D eigenvalue weighted by atomic mass is 10.2. The van der Waals surface area contributed by atoms with Crippen molar-refractivity contribution in [1.29, 1.82) is 0 Å². The summed E-state index contributed by atoms with van der Waals surface area (Å²) in [6, 6.07) is 5.73. The molecule has 1 aromatic carbocycles. The summed E-state index contributed by atoms with van der Waals surface area (Å²) in [7, 11) is 0. The SMILES string of the molecule is CCn1c(C)nnc1SCC(=O)Nc1ccc(Br)c(C)c1. The number of amides is 1. The van der Waals surface area contributed by atoms with Crippen molar-refractivity contribution in [3.05, 3.63) is 34.1 Å². The zero-order chi connectivity index (χ0) is 15.4. The van der Waals surface area contributed by atoms with E-state index in [0.29, 0.717) is 5.75 Å². The van der Waals surface area contributed by atoms with Gasteiger partial charge in [-0.1, -0.05) is 27.7 Å². The Hall–Kier alpha value is -1.34. The molecule has 112 valence electrons. The first-order valence-corrected chi connectivity index (χ1v) is 8.37. The summed E-state index contributed by atoms with van der Waals surface area (Å²) < 4.78 is 3.02. The molecule has 0 unspecified atom stereocenters. The second-order valence-corrected chi connectivity index (χ2v) is 6.37. The highest BCUT2D eigenvalue weighted by Gasteiger charge is 2.10. The average molecular weight is 369 g/mol. The lowest BCUT2D eigenvalue weighted by molar-refractivity contribution is -0.113. The summed E-state index contributed by atoms with van der Waals surface area (Å²) in [5, 5.41) is 11.8. The van der Waals surface area contributed by atoms with Crippen molar-refractivity contribution in [2.45, 2.75) is 32.5 Å². The van der Waals surface area contributed by atoms with Crippen LogP contribution in [0, 0.1) is 13.8 Å². The Bertz CT molecular complexity index is 656. The number of anilines is 1. The Morgan fingerprint density at radius 1 is 1.38 bits per heavy atom. The van der Waals surface area contributed by atoms with Crippen LogP contribution in [0.4, 0.5) is 5.69 Å². The van der Waals surface area contributed by atoms with Crippen LogP contribution in [0.15, 0.2) is 27.8 Å². The van der Waals surface area contributed by atoms with Gasteiger partial charge in [0.2, 0.25) is 5.91 Å². The van der Waals surface area contributed by atoms with Crippen molar-refractivity contribution < 1.29 is 4.79 Å². The van der Waals surface area contributed by atoms with Gasteiger partial charge in [-0.05, 0) is 44.5 Å². The van der Waals surface area contributed by atoms with Crippen molar-refractivity contribution in [2.24, 2.45) is 0 Å². The van der Waals surface area contributed by atoms with E-state index in [1.165, 1.54) is 11.8 Å². The molecule has 1 N–H and O–H groups in total. The molecule has 7 heteroatoms. The summed E-state index contributed by atoms with van der Waals surface area (Å²) in [6.45, 7) is 6.73. The number of nitrogens with zero attached hydrogens (tertiary/aromatic N) is 3. The van der Waals surface area contributed by atoms with Crippen molar-refractivity contribution in [3.63, 3.8) is 0 Å². The minimum Gasteiger partial charge on any atom is -0.325 e. The fraction of sp³-hybridized carbons (Fsp3) is 0.357. The van der Waals surface area contributed by atoms with Gasteiger partial charge in [0.05, 0.1) is 5.75 Å².